The Kier molecular flexibility index (Phi) is 4.24. The molecule has 0 saturated heterocycles. The zero-order valence-electron chi connectivity index (χ0n) is 10.8. The smallest absolute Gasteiger partial charge is 0.354 e. The fourth-order valence-electron chi connectivity index (χ4n) is 1.74. The van der Waals surface area contributed by atoms with Gasteiger partial charge >= 0.3 is 5.97 Å². The Labute approximate surface area is 115 Å². The molecule has 0 atom stereocenters. The van der Waals surface area contributed by atoms with Gasteiger partial charge in [-0.05, 0) is 26.1 Å². The van der Waals surface area contributed by atoms with Gasteiger partial charge in [0.2, 0.25) is 0 Å². The van der Waals surface area contributed by atoms with Crippen LogP contribution in [-0.4, -0.2) is 33.0 Å². The van der Waals surface area contributed by atoms with Gasteiger partial charge in [-0.3, -0.25) is 4.90 Å². The number of hydrogen-bond acceptors (Lipinski definition) is 5. The van der Waals surface area contributed by atoms with Crippen LogP contribution in [0.25, 0.3) is 0 Å². The number of aromatic nitrogens is 2. The molecule has 2 aromatic rings. The maximum atomic E-state index is 10.9. The molecule has 2 heterocycles. The molecule has 6 heteroatoms. The van der Waals surface area contributed by atoms with E-state index in [1.54, 1.807) is 17.4 Å². The van der Waals surface area contributed by atoms with Crippen molar-refractivity contribution in [3.05, 3.63) is 45.7 Å². The fraction of sp³-hybridized carbons (Fsp3) is 0.308. The van der Waals surface area contributed by atoms with Crippen LogP contribution in [-0.2, 0) is 13.1 Å². The molecule has 2 rings (SSSR count). The lowest BCUT2D eigenvalue weighted by Gasteiger charge is -2.15. The van der Waals surface area contributed by atoms with E-state index in [9.17, 15) is 4.79 Å². The molecule has 0 unspecified atom stereocenters. The topological polar surface area (TPSA) is 66.3 Å². The largest absolute Gasteiger partial charge is 0.477 e. The summed E-state index contributed by atoms with van der Waals surface area (Å²) in [7, 11) is 1.98. The molecule has 2 aromatic heterocycles. The first-order chi connectivity index (χ1) is 9.06. The minimum Gasteiger partial charge on any atom is -0.477 e. The van der Waals surface area contributed by atoms with E-state index in [2.05, 4.69) is 14.9 Å². The lowest BCUT2D eigenvalue weighted by atomic mass is 10.3. The highest BCUT2D eigenvalue weighted by Gasteiger charge is 2.09. The van der Waals surface area contributed by atoms with Crippen LogP contribution in [0.5, 0.6) is 0 Å². The number of carboxylic acids is 1. The summed E-state index contributed by atoms with van der Waals surface area (Å²) in [6.07, 6.45) is 0. The van der Waals surface area contributed by atoms with Crippen LogP contribution < -0.4 is 0 Å². The molecule has 19 heavy (non-hydrogen) atoms. The molecule has 0 aromatic carbocycles. The predicted octanol–water partition coefficient (Wildman–Crippen LogP) is 2.18. The maximum absolute atomic E-state index is 10.9. The van der Waals surface area contributed by atoms with Gasteiger partial charge in [-0.25, -0.2) is 14.8 Å². The standard InChI is InChI=1S/C13H15N3O2S/c1-9-12(19-8-14-9)7-16(2)6-10-4-3-5-11(15-10)13(17)18/h3-5,8H,6-7H2,1-2H3,(H,17,18). The molecule has 0 aliphatic carbocycles. The Morgan fingerprint density at radius 2 is 2.21 bits per heavy atom. The average molecular weight is 277 g/mol. The van der Waals surface area contributed by atoms with Crippen molar-refractivity contribution in [2.45, 2.75) is 20.0 Å². The molecule has 0 amide bonds. The summed E-state index contributed by atoms with van der Waals surface area (Å²) < 4.78 is 0. The first-order valence-electron chi connectivity index (χ1n) is 5.83. The Bertz CT molecular complexity index is 583. The first kappa shape index (κ1) is 13.6. The van der Waals surface area contributed by atoms with Crippen molar-refractivity contribution in [1.29, 1.82) is 0 Å². The van der Waals surface area contributed by atoms with Gasteiger partial charge in [0.05, 0.1) is 16.9 Å². The van der Waals surface area contributed by atoms with Crippen molar-refractivity contribution in [1.82, 2.24) is 14.9 Å². The highest BCUT2D eigenvalue weighted by molar-refractivity contribution is 7.09. The van der Waals surface area contributed by atoms with Crippen LogP contribution in [0.3, 0.4) is 0 Å². The van der Waals surface area contributed by atoms with Gasteiger partial charge in [0.1, 0.15) is 5.69 Å². The molecule has 0 spiro atoms. The molecule has 0 aliphatic rings. The van der Waals surface area contributed by atoms with E-state index >= 15 is 0 Å². The molecule has 0 saturated carbocycles. The van der Waals surface area contributed by atoms with Crippen molar-refractivity contribution in [2.75, 3.05) is 7.05 Å². The molecule has 0 fully saturated rings. The number of thiazole rings is 1. The van der Waals surface area contributed by atoms with Crippen molar-refractivity contribution in [2.24, 2.45) is 0 Å². The number of nitrogens with zero attached hydrogens (tertiary/aromatic N) is 3. The Balaban J connectivity index is 2.02. The monoisotopic (exact) mass is 277 g/mol. The number of aromatic carboxylic acids is 1. The third-order valence-electron chi connectivity index (χ3n) is 2.72. The predicted molar refractivity (Wildman–Crippen MR) is 73.2 cm³/mol. The molecule has 0 aliphatic heterocycles. The maximum Gasteiger partial charge on any atom is 0.354 e. The van der Waals surface area contributed by atoms with Crippen molar-refractivity contribution < 1.29 is 9.90 Å². The molecule has 100 valence electrons. The third kappa shape index (κ3) is 3.59. The molecule has 1 N–H and O–H groups in total. The number of pyridine rings is 1. The number of aryl methyl sites for hydroxylation is 1. The van der Waals surface area contributed by atoms with E-state index in [1.165, 1.54) is 10.9 Å². The molecule has 0 radical (unpaired) electrons. The van der Waals surface area contributed by atoms with Gasteiger partial charge in [-0.15, -0.1) is 11.3 Å². The van der Waals surface area contributed by atoms with Crippen LogP contribution in [0.2, 0.25) is 0 Å². The molecule has 0 bridgehead atoms. The van der Waals surface area contributed by atoms with Gasteiger partial charge in [-0.1, -0.05) is 6.07 Å². The minimum absolute atomic E-state index is 0.0832. The van der Waals surface area contributed by atoms with Crippen LogP contribution in [0.4, 0.5) is 0 Å². The normalized spacial score (nSPS) is 10.9. The van der Waals surface area contributed by atoms with Crippen LogP contribution in [0, 0.1) is 6.92 Å². The van der Waals surface area contributed by atoms with Gasteiger partial charge in [0, 0.05) is 18.0 Å². The summed E-state index contributed by atoms with van der Waals surface area (Å²) in [5, 5.41) is 8.90. The number of carbonyl (C=O) groups is 1. The summed E-state index contributed by atoms with van der Waals surface area (Å²) in [5.74, 6) is -0.997. The average Bonchev–Trinajstić information content (AvgIpc) is 2.75. The van der Waals surface area contributed by atoms with Crippen molar-refractivity contribution in [3.63, 3.8) is 0 Å². The summed E-state index contributed by atoms with van der Waals surface area (Å²) in [6, 6.07) is 5.05. The number of carboxylic acid groups (broad SMARTS) is 1. The summed E-state index contributed by atoms with van der Waals surface area (Å²) in [4.78, 5) is 22.5. The van der Waals surface area contributed by atoms with E-state index < -0.39 is 5.97 Å². The Morgan fingerprint density at radius 3 is 2.84 bits per heavy atom. The minimum atomic E-state index is -0.997. The molecular weight excluding hydrogens is 262 g/mol. The fourth-order valence-corrected chi connectivity index (χ4v) is 2.60. The van der Waals surface area contributed by atoms with Gasteiger partial charge in [-0.2, -0.15) is 0 Å². The summed E-state index contributed by atoms with van der Waals surface area (Å²) >= 11 is 1.63. The summed E-state index contributed by atoms with van der Waals surface area (Å²) in [6.45, 7) is 3.39. The second-order valence-corrected chi connectivity index (χ2v) is 5.29. The van der Waals surface area contributed by atoms with Crippen LogP contribution in [0.15, 0.2) is 23.7 Å². The Hall–Kier alpha value is -1.79. The SMILES string of the molecule is Cc1ncsc1CN(C)Cc1cccc(C(=O)O)n1. The number of hydrogen-bond donors (Lipinski definition) is 1. The van der Waals surface area contributed by atoms with Crippen molar-refractivity contribution in [3.8, 4) is 0 Å². The highest BCUT2D eigenvalue weighted by atomic mass is 32.1. The zero-order chi connectivity index (χ0) is 13.8. The lowest BCUT2D eigenvalue weighted by Crippen LogP contribution is -2.18. The number of rotatable bonds is 5. The van der Waals surface area contributed by atoms with Crippen molar-refractivity contribution >= 4 is 17.3 Å². The second-order valence-electron chi connectivity index (χ2n) is 4.35. The van der Waals surface area contributed by atoms with E-state index in [0.29, 0.717) is 6.54 Å². The summed E-state index contributed by atoms with van der Waals surface area (Å²) in [5.41, 5.74) is 3.72. The van der Waals surface area contributed by atoms with Crippen LogP contribution >= 0.6 is 11.3 Å². The van der Waals surface area contributed by atoms with E-state index in [4.69, 9.17) is 5.11 Å². The zero-order valence-corrected chi connectivity index (χ0v) is 11.6. The molecular formula is C13H15N3O2S. The molecule has 5 nitrogen and oxygen atoms in total. The van der Waals surface area contributed by atoms with E-state index in [1.807, 2.05) is 25.5 Å². The first-order valence-corrected chi connectivity index (χ1v) is 6.71. The quantitative estimate of drug-likeness (QED) is 0.907. The van der Waals surface area contributed by atoms with Crippen LogP contribution in [0.1, 0.15) is 26.8 Å². The van der Waals surface area contributed by atoms with Gasteiger partial charge in [0.25, 0.3) is 0 Å². The third-order valence-corrected chi connectivity index (χ3v) is 3.64. The highest BCUT2D eigenvalue weighted by Crippen LogP contribution is 2.15. The van der Waals surface area contributed by atoms with Gasteiger partial charge in [0.15, 0.2) is 0 Å². The van der Waals surface area contributed by atoms with E-state index in [0.717, 1.165) is 17.9 Å². The van der Waals surface area contributed by atoms with E-state index in [-0.39, 0.29) is 5.69 Å². The second kappa shape index (κ2) is 5.90. The van der Waals surface area contributed by atoms with Gasteiger partial charge < -0.3 is 5.11 Å². The lowest BCUT2D eigenvalue weighted by molar-refractivity contribution is 0.0690. The Morgan fingerprint density at radius 1 is 1.42 bits per heavy atom.